The average Bonchev–Trinajstić information content (AvgIpc) is 2.29. The van der Waals surface area contributed by atoms with Crippen LogP contribution in [0.4, 0.5) is 10.1 Å². The molecule has 1 heterocycles. The van der Waals surface area contributed by atoms with E-state index in [9.17, 15) is 4.39 Å². The van der Waals surface area contributed by atoms with Gasteiger partial charge in [0.1, 0.15) is 5.82 Å². The standard InChI is InChI=1S/C12H11FN2O/c1-16-12-11(6-10(14)7-15-12)8-3-2-4-9(13)5-8/h2-7H,14H2,1H3. The lowest BCUT2D eigenvalue weighted by atomic mass is 10.1. The summed E-state index contributed by atoms with van der Waals surface area (Å²) in [7, 11) is 1.52. The number of hydrogen-bond acceptors (Lipinski definition) is 3. The molecule has 3 nitrogen and oxygen atoms in total. The number of aromatic nitrogens is 1. The molecule has 2 rings (SSSR count). The summed E-state index contributed by atoms with van der Waals surface area (Å²) in [5, 5.41) is 0. The highest BCUT2D eigenvalue weighted by atomic mass is 19.1. The van der Waals surface area contributed by atoms with Crippen molar-refractivity contribution in [1.82, 2.24) is 4.98 Å². The lowest BCUT2D eigenvalue weighted by Gasteiger charge is -2.08. The Morgan fingerprint density at radius 1 is 1.31 bits per heavy atom. The average molecular weight is 218 g/mol. The third-order valence-corrected chi connectivity index (χ3v) is 2.20. The smallest absolute Gasteiger partial charge is 0.221 e. The first-order valence-corrected chi connectivity index (χ1v) is 4.76. The van der Waals surface area contributed by atoms with Crippen LogP contribution in [0.25, 0.3) is 11.1 Å². The van der Waals surface area contributed by atoms with Crippen LogP contribution in [0.5, 0.6) is 5.88 Å². The number of pyridine rings is 1. The zero-order valence-electron chi connectivity index (χ0n) is 8.77. The van der Waals surface area contributed by atoms with Gasteiger partial charge in [-0.3, -0.25) is 0 Å². The Bertz CT molecular complexity index is 514. The second kappa shape index (κ2) is 4.18. The lowest BCUT2D eigenvalue weighted by molar-refractivity contribution is 0.400. The number of nitrogen functional groups attached to an aromatic ring is 1. The van der Waals surface area contributed by atoms with Gasteiger partial charge in [0.2, 0.25) is 5.88 Å². The van der Waals surface area contributed by atoms with E-state index >= 15 is 0 Å². The van der Waals surface area contributed by atoms with Crippen LogP contribution in [0.3, 0.4) is 0 Å². The Morgan fingerprint density at radius 3 is 2.81 bits per heavy atom. The predicted molar refractivity (Wildman–Crippen MR) is 60.6 cm³/mol. The Labute approximate surface area is 92.7 Å². The van der Waals surface area contributed by atoms with Crippen molar-refractivity contribution in [3.63, 3.8) is 0 Å². The summed E-state index contributed by atoms with van der Waals surface area (Å²) in [6.45, 7) is 0. The second-order valence-electron chi connectivity index (χ2n) is 3.34. The first-order valence-electron chi connectivity index (χ1n) is 4.76. The van der Waals surface area contributed by atoms with Crippen LogP contribution >= 0.6 is 0 Å². The van der Waals surface area contributed by atoms with Gasteiger partial charge in [-0.2, -0.15) is 0 Å². The maximum atomic E-state index is 13.1. The van der Waals surface area contributed by atoms with Gasteiger partial charge in [-0.05, 0) is 23.8 Å². The number of nitrogens with zero attached hydrogens (tertiary/aromatic N) is 1. The van der Waals surface area contributed by atoms with Crippen molar-refractivity contribution in [2.45, 2.75) is 0 Å². The number of hydrogen-bond donors (Lipinski definition) is 1. The fraction of sp³-hybridized carbons (Fsp3) is 0.0833. The maximum absolute atomic E-state index is 13.1. The third kappa shape index (κ3) is 1.95. The van der Waals surface area contributed by atoms with Crippen molar-refractivity contribution in [2.24, 2.45) is 0 Å². The number of halogens is 1. The zero-order valence-corrected chi connectivity index (χ0v) is 8.77. The van der Waals surface area contributed by atoms with Gasteiger partial charge < -0.3 is 10.5 Å². The van der Waals surface area contributed by atoms with Gasteiger partial charge in [-0.25, -0.2) is 9.37 Å². The molecule has 2 aromatic rings. The summed E-state index contributed by atoms with van der Waals surface area (Å²) in [6, 6.07) is 7.92. The van der Waals surface area contributed by atoms with E-state index in [4.69, 9.17) is 10.5 Å². The van der Waals surface area contributed by atoms with Gasteiger partial charge in [0.05, 0.1) is 19.0 Å². The molecule has 0 unspecified atom stereocenters. The summed E-state index contributed by atoms with van der Waals surface area (Å²) < 4.78 is 18.2. The van der Waals surface area contributed by atoms with E-state index in [1.165, 1.54) is 25.4 Å². The predicted octanol–water partition coefficient (Wildman–Crippen LogP) is 2.48. The molecule has 0 fully saturated rings. The fourth-order valence-electron chi connectivity index (χ4n) is 1.49. The van der Waals surface area contributed by atoms with Crippen LogP contribution in [-0.4, -0.2) is 12.1 Å². The van der Waals surface area contributed by atoms with Crippen LogP contribution in [0.1, 0.15) is 0 Å². The van der Waals surface area contributed by atoms with E-state index in [0.29, 0.717) is 22.7 Å². The van der Waals surface area contributed by atoms with Crippen molar-refractivity contribution in [3.05, 3.63) is 42.3 Å². The van der Waals surface area contributed by atoms with Gasteiger partial charge in [0.25, 0.3) is 0 Å². The number of ether oxygens (including phenoxy) is 1. The minimum Gasteiger partial charge on any atom is -0.481 e. The molecule has 4 heteroatoms. The molecule has 2 N–H and O–H groups in total. The number of benzene rings is 1. The number of rotatable bonds is 2. The molecule has 0 amide bonds. The lowest BCUT2D eigenvalue weighted by Crippen LogP contribution is -1.94. The quantitative estimate of drug-likeness (QED) is 0.842. The van der Waals surface area contributed by atoms with Crippen molar-refractivity contribution in [2.75, 3.05) is 12.8 Å². The second-order valence-corrected chi connectivity index (χ2v) is 3.34. The molecular weight excluding hydrogens is 207 g/mol. The van der Waals surface area contributed by atoms with Crippen LogP contribution < -0.4 is 10.5 Å². The number of nitrogens with two attached hydrogens (primary N) is 1. The zero-order chi connectivity index (χ0) is 11.5. The molecule has 1 aromatic heterocycles. The highest BCUT2D eigenvalue weighted by molar-refractivity contribution is 5.71. The van der Waals surface area contributed by atoms with E-state index in [1.807, 2.05) is 0 Å². The van der Waals surface area contributed by atoms with Crippen molar-refractivity contribution in [1.29, 1.82) is 0 Å². The van der Waals surface area contributed by atoms with E-state index < -0.39 is 0 Å². The monoisotopic (exact) mass is 218 g/mol. The molecular formula is C12H11FN2O. The molecule has 0 radical (unpaired) electrons. The summed E-state index contributed by atoms with van der Waals surface area (Å²) in [4.78, 5) is 4.03. The highest BCUT2D eigenvalue weighted by Gasteiger charge is 2.08. The van der Waals surface area contributed by atoms with Crippen LogP contribution in [0, 0.1) is 5.82 Å². The first-order chi connectivity index (χ1) is 7.70. The van der Waals surface area contributed by atoms with Gasteiger partial charge in [0, 0.05) is 5.56 Å². The minimum atomic E-state index is -0.304. The Hall–Kier alpha value is -2.10. The Kier molecular flexibility index (Phi) is 2.72. The van der Waals surface area contributed by atoms with Gasteiger partial charge in [0.15, 0.2) is 0 Å². The number of anilines is 1. The molecule has 1 aromatic carbocycles. The van der Waals surface area contributed by atoms with E-state index in [-0.39, 0.29) is 5.82 Å². The summed E-state index contributed by atoms with van der Waals surface area (Å²) in [5.41, 5.74) is 7.53. The molecule has 0 aliphatic rings. The van der Waals surface area contributed by atoms with Crippen molar-refractivity contribution >= 4 is 5.69 Å². The molecule has 0 saturated heterocycles. The molecule has 0 aliphatic carbocycles. The minimum absolute atomic E-state index is 0.304. The SMILES string of the molecule is COc1ncc(N)cc1-c1cccc(F)c1. The molecule has 0 atom stereocenters. The summed E-state index contributed by atoms with van der Waals surface area (Å²) >= 11 is 0. The van der Waals surface area contributed by atoms with Crippen molar-refractivity contribution in [3.8, 4) is 17.0 Å². The Morgan fingerprint density at radius 2 is 2.12 bits per heavy atom. The largest absolute Gasteiger partial charge is 0.481 e. The fourth-order valence-corrected chi connectivity index (χ4v) is 1.49. The first kappa shape index (κ1) is 10.4. The Balaban J connectivity index is 2.58. The molecule has 0 saturated carbocycles. The van der Waals surface area contributed by atoms with Gasteiger partial charge in [-0.1, -0.05) is 12.1 Å². The van der Waals surface area contributed by atoms with Gasteiger partial charge in [-0.15, -0.1) is 0 Å². The summed E-state index contributed by atoms with van der Waals surface area (Å²) in [5.74, 6) is 0.127. The molecule has 0 aliphatic heterocycles. The van der Waals surface area contributed by atoms with Gasteiger partial charge >= 0.3 is 0 Å². The van der Waals surface area contributed by atoms with E-state index in [0.717, 1.165) is 0 Å². The van der Waals surface area contributed by atoms with Crippen LogP contribution in [0.15, 0.2) is 36.5 Å². The van der Waals surface area contributed by atoms with E-state index in [2.05, 4.69) is 4.98 Å². The third-order valence-electron chi connectivity index (χ3n) is 2.20. The highest BCUT2D eigenvalue weighted by Crippen LogP contribution is 2.29. The molecule has 0 spiro atoms. The molecule has 0 bridgehead atoms. The number of methoxy groups -OCH3 is 1. The maximum Gasteiger partial charge on any atom is 0.221 e. The molecule has 82 valence electrons. The van der Waals surface area contributed by atoms with Crippen LogP contribution in [-0.2, 0) is 0 Å². The molecule has 16 heavy (non-hydrogen) atoms. The van der Waals surface area contributed by atoms with Crippen LogP contribution in [0.2, 0.25) is 0 Å². The topological polar surface area (TPSA) is 48.1 Å². The van der Waals surface area contributed by atoms with E-state index in [1.54, 1.807) is 18.2 Å². The van der Waals surface area contributed by atoms with Crippen molar-refractivity contribution < 1.29 is 9.13 Å². The summed E-state index contributed by atoms with van der Waals surface area (Å²) in [6.07, 6.45) is 1.50. The normalized spacial score (nSPS) is 10.1.